The predicted octanol–water partition coefficient (Wildman–Crippen LogP) is 15.1. The highest BCUT2D eigenvalue weighted by Gasteiger charge is 2.24. The molecule has 64 heavy (non-hydrogen) atoms. The van der Waals surface area contributed by atoms with Crippen LogP contribution in [-0.2, 0) is 0 Å². The van der Waals surface area contributed by atoms with Crippen LogP contribution < -0.4 is 0 Å². The van der Waals surface area contributed by atoms with Gasteiger partial charge in [0.2, 0.25) is 0 Å². The molecule has 0 fully saturated rings. The maximum absolute atomic E-state index is 5.34. The second-order valence-corrected chi connectivity index (χ2v) is 16.7. The Balaban J connectivity index is 1.06. The average molecular weight is 816 g/mol. The van der Waals surface area contributed by atoms with Gasteiger partial charge in [-0.05, 0) is 72.8 Å². The third kappa shape index (κ3) is 4.86. The Morgan fingerprint density at radius 2 is 0.719 bits per heavy atom. The van der Waals surface area contributed by atoms with Gasteiger partial charge in [0.05, 0.1) is 49.8 Å². The van der Waals surface area contributed by atoms with Crippen LogP contribution in [0.15, 0.2) is 224 Å². The minimum Gasteiger partial charge on any atom is -0.309 e. The number of pyridine rings is 1. The van der Waals surface area contributed by atoms with Gasteiger partial charge in [0.1, 0.15) is 5.82 Å². The molecular weight excluding hydrogens is 779 g/mol. The Kier molecular flexibility index (Phi) is 7.33. The van der Waals surface area contributed by atoms with Gasteiger partial charge in [0.25, 0.3) is 0 Å². The summed E-state index contributed by atoms with van der Waals surface area (Å²) in [6, 6.07) is 81.2. The SMILES string of the molecule is c1ccc(-c2cccc(-n3c4ccccc4c4ccc5c(c6ccccc6n5-c5cccc(-n6c7ccccc7c7ccc8c9ccccc9n(-c9ccccc9)c8c76)c5)c43)n2)cc1. The first-order valence-electron chi connectivity index (χ1n) is 21.9. The van der Waals surface area contributed by atoms with Gasteiger partial charge in [0.15, 0.2) is 0 Å². The van der Waals surface area contributed by atoms with Crippen LogP contribution >= 0.6 is 0 Å². The molecule has 0 saturated heterocycles. The van der Waals surface area contributed by atoms with Gasteiger partial charge in [-0.3, -0.25) is 4.57 Å². The lowest BCUT2D eigenvalue weighted by Crippen LogP contribution is -2.01. The Hall–Kier alpha value is -8.67. The lowest BCUT2D eigenvalue weighted by atomic mass is 10.1. The normalized spacial score (nSPS) is 12.1. The monoisotopic (exact) mass is 815 g/mol. The van der Waals surface area contributed by atoms with E-state index in [-0.39, 0.29) is 0 Å². The summed E-state index contributed by atoms with van der Waals surface area (Å²) in [5.41, 5.74) is 14.7. The van der Waals surface area contributed by atoms with Crippen molar-refractivity contribution in [2.24, 2.45) is 0 Å². The first-order chi connectivity index (χ1) is 31.8. The Morgan fingerprint density at radius 1 is 0.266 bits per heavy atom. The minimum atomic E-state index is 0.893. The first kappa shape index (κ1) is 35.0. The van der Waals surface area contributed by atoms with E-state index >= 15 is 0 Å². The summed E-state index contributed by atoms with van der Waals surface area (Å²) in [7, 11) is 0. The average Bonchev–Trinajstić information content (AvgIpc) is 4.10. The van der Waals surface area contributed by atoms with Crippen LogP contribution in [0.5, 0.6) is 0 Å². The molecule has 0 radical (unpaired) electrons. The van der Waals surface area contributed by atoms with Gasteiger partial charge in [-0.25, -0.2) is 4.98 Å². The van der Waals surface area contributed by atoms with Gasteiger partial charge in [0, 0.05) is 65.7 Å². The van der Waals surface area contributed by atoms with Gasteiger partial charge in [-0.2, -0.15) is 0 Å². The highest BCUT2D eigenvalue weighted by atomic mass is 15.1. The van der Waals surface area contributed by atoms with Gasteiger partial charge in [-0.1, -0.05) is 152 Å². The molecule has 5 aromatic heterocycles. The fourth-order valence-corrected chi connectivity index (χ4v) is 10.7. The van der Waals surface area contributed by atoms with Crippen molar-refractivity contribution in [2.45, 2.75) is 0 Å². The van der Waals surface area contributed by atoms with E-state index in [1.54, 1.807) is 0 Å². The lowest BCUT2D eigenvalue weighted by Gasteiger charge is -2.15. The lowest BCUT2D eigenvalue weighted by molar-refractivity contribution is 1.09. The summed E-state index contributed by atoms with van der Waals surface area (Å²) < 4.78 is 9.77. The van der Waals surface area contributed by atoms with Crippen molar-refractivity contribution in [1.29, 1.82) is 0 Å². The zero-order chi connectivity index (χ0) is 41.9. The van der Waals surface area contributed by atoms with Crippen LogP contribution in [0.4, 0.5) is 0 Å². The molecule has 9 aromatic carbocycles. The third-order valence-corrected chi connectivity index (χ3v) is 13.3. The van der Waals surface area contributed by atoms with Crippen molar-refractivity contribution in [3.8, 4) is 34.1 Å². The van der Waals surface area contributed by atoms with E-state index in [2.05, 4.69) is 243 Å². The predicted molar refractivity (Wildman–Crippen MR) is 267 cm³/mol. The molecule has 5 heterocycles. The van der Waals surface area contributed by atoms with Crippen molar-refractivity contribution in [1.82, 2.24) is 23.3 Å². The van der Waals surface area contributed by atoms with Crippen LogP contribution in [0.25, 0.3) is 121 Å². The van der Waals surface area contributed by atoms with Crippen LogP contribution in [0.3, 0.4) is 0 Å². The Bertz CT molecular complexity index is 4180. The second kappa shape index (κ2) is 13.4. The number of rotatable bonds is 5. The zero-order valence-corrected chi connectivity index (χ0v) is 34.6. The first-order valence-corrected chi connectivity index (χ1v) is 21.9. The molecule has 0 aliphatic rings. The quantitative estimate of drug-likeness (QED) is 0.170. The molecule has 0 aliphatic heterocycles. The fraction of sp³-hybridized carbons (Fsp3) is 0. The smallest absolute Gasteiger partial charge is 0.138 e. The van der Waals surface area contributed by atoms with E-state index in [1.807, 2.05) is 0 Å². The topological polar surface area (TPSA) is 32.6 Å². The van der Waals surface area contributed by atoms with Crippen LogP contribution in [0.1, 0.15) is 0 Å². The van der Waals surface area contributed by atoms with E-state index < -0.39 is 0 Å². The maximum Gasteiger partial charge on any atom is 0.138 e. The van der Waals surface area contributed by atoms with E-state index in [4.69, 9.17) is 4.98 Å². The molecule has 5 nitrogen and oxygen atoms in total. The molecule has 0 saturated carbocycles. The zero-order valence-electron chi connectivity index (χ0n) is 34.6. The van der Waals surface area contributed by atoms with Crippen LogP contribution in [0, 0.1) is 0 Å². The van der Waals surface area contributed by atoms with Crippen molar-refractivity contribution in [2.75, 3.05) is 0 Å². The fourth-order valence-electron chi connectivity index (χ4n) is 10.7. The number of nitrogens with zero attached hydrogens (tertiary/aromatic N) is 5. The maximum atomic E-state index is 5.34. The van der Waals surface area contributed by atoms with Crippen molar-refractivity contribution >= 4 is 87.2 Å². The van der Waals surface area contributed by atoms with Gasteiger partial charge in [-0.15, -0.1) is 0 Å². The Labute approximate surface area is 367 Å². The Morgan fingerprint density at radius 3 is 1.36 bits per heavy atom. The summed E-state index contributed by atoms with van der Waals surface area (Å²) in [5.74, 6) is 0.893. The van der Waals surface area contributed by atoms with E-state index in [0.717, 1.165) is 56.2 Å². The number of fused-ring (bicyclic) bond motifs is 14. The highest BCUT2D eigenvalue weighted by Crippen LogP contribution is 2.44. The molecular formula is C59H37N5. The van der Waals surface area contributed by atoms with Crippen molar-refractivity contribution < 1.29 is 0 Å². The third-order valence-electron chi connectivity index (χ3n) is 13.3. The molecule has 0 amide bonds. The molecule has 0 bridgehead atoms. The van der Waals surface area contributed by atoms with Crippen molar-refractivity contribution in [3.05, 3.63) is 224 Å². The minimum absolute atomic E-state index is 0.893. The number of hydrogen-bond donors (Lipinski definition) is 0. The molecule has 14 rings (SSSR count). The summed E-state index contributed by atoms with van der Waals surface area (Å²) in [6.07, 6.45) is 0. The van der Waals surface area contributed by atoms with Crippen LogP contribution in [0.2, 0.25) is 0 Å². The van der Waals surface area contributed by atoms with E-state index in [9.17, 15) is 0 Å². The summed E-state index contributed by atoms with van der Waals surface area (Å²) in [4.78, 5) is 5.34. The molecule has 14 aromatic rings. The largest absolute Gasteiger partial charge is 0.309 e. The highest BCUT2D eigenvalue weighted by molar-refractivity contribution is 6.27. The number of benzene rings is 9. The molecule has 0 spiro atoms. The standard InChI is InChI=1S/C59H37N5/c1-3-17-38(18-4-1)49-27-16-32-55(60-49)64-52-30-13-9-23-42(52)45-35-36-54-56(57(45)64)48-26-10-14-31-53(48)61(54)40-21-15-22-41(37-40)63-51-29-12-8-25-44(51)47-34-33-46-43-24-7-11-28-50(43)62(58(46)59(47)63)39-19-5-2-6-20-39/h1-37H. The van der Waals surface area contributed by atoms with E-state index in [1.165, 1.54) is 65.2 Å². The molecule has 298 valence electrons. The van der Waals surface area contributed by atoms with Crippen molar-refractivity contribution in [3.63, 3.8) is 0 Å². The van der Waals surface area contributed by atoms with E-state index in [0.29, 0.717) is 0 Å². The summed E-state index contributed by atoms with van der Waals surface area (Å²) >= 11 is 0. The number of hydrogen-bond acceptors (Lipinski definition) is 1. The molecule has 0 atom stereocenters. The molecule has 0 aliphatic carbocycles. The number of aromatic nitrogens is 5. The van der Waals surface area contributed by atoms with Crippen LogP contribution in [-0.4, -0.2) is 23.3 Å². The summed E-state index contributed by atoms with van der Waals surface area (Å²) in [5, 5.41) is 9.74. The number of para-hydroxylation sites is 5. The molecule has 0 N–H and O–H groups in total. The molecule has 5 heteroatoms. The molecule has 0 unspecified atom stereocenters. The summed E-state index contributed by atoms with van der Waals surface area (Å²) in [6.45, 7) is 0. The van der Waals surface area contributed by atoms with Gasteiger partial charge < -0.3 is 13.7 Å². The van der Waals surface area contributed by atoms with Gasteiger partial charge >= 0.3 is 0 Å². The second-order valence-electron chi connectivity index (χ2n) is 16.7.